The van der Waals surface area contributed by atoms with Crippen molar-refractivity contribution >= 4 is 12.1 Å². The Morgan fingerprint density at radius 2 is 1.67 bits per heavy atom. The number of likely N-dealkylation sites (N-methyl/N-ethyl adjacent to an activating group) is 1. The number of methoxy groups -OCH3 is 2. The van der Waals surface area contributed by atoms with E-state index in [0.29, 0.717) is 25.9 Å². The second-order valence-electron chi connectivity index (χ2n) is 20.6. The van der Waals surface area contributed by atoms with Crippen LogP contribution in [-0.4, -0.2) is 159 Å². The molecule has 2 bridgehead atoms. The second kappa shape index (κ2) is 22.4. The summed E-state index contributed by atoms with van der Waals surface area (Å²) < 4.78 is 57.4. The molecular formula is C49H84N4O13. The summed E-state index contributed by atoms with van der Waals surface area (Å²) in [5.41, 5.74) is 4.25. The number of aliphatic hydroxyl groups is 2. The molecule has 4 fully saturated rings. The number of ether oxygens (including phenoxy) is 9. The van der Waals surface area contributed by atoms with Crippen LogP contribution in [0.15, 0.2) is 24.3 Å². The quantitative estimate of drug-likeness (QED) is 0.127. The van der Waals surface area contributed by atoms with Gasteiger partial charge in [-0.15, -0.1) is 0 Å². The fourth-order valence-corrected chi connectivity index (χ4v) is 11.2. The summed E-state index contributed by atoms with van der Waals surface area (Å²) in [6.45, 7) is 21.5. The van der Waals surface area contributed by atoms with Crippen LogP contribution in [0, 0.1) is 23.7 Å². The second-order valence-corrected chi connectivity index (χ2v) is 20.6. The molecular weight excluding hydrogens is 853 g/mol. The Morgan fingerprint density at radius 1 is 0.985 bits per heavy atom. The first-order chi connectivity index (χ1) is 30.9. The van der Waals surface area contributed by atoms with Gasteiger partial charge in [-0.1, -0.05) is 45.9 Å². The van der Waals surface area contributed by atoms with Gasteiger partial charge < -0.3 is 74.1 Å². The highest BCUT2D eigenvalue weighted by atomic mass is 16.7. The minimum absolute atomic E-state index is 0.0257. The Bertz CT molecular complexity index is 1740. The van der Waals surface area contributed by atoms with Crippen LogP contribution in [0.25, 0.3) is 0 Å². The van der Waals surface area contributed by atoms with E-state index in [1.165, 1.54) is 0 Å². The maximum atomic E-state index is 14.6. The largest absolute Gasteiger partial charge is 0.496 e. The molecule has 4 aliphatic heterocycles. The highest BCUT2D eigenvalue weighted by molar-refractivity contribution is 5.73. The number of amides is 1. The van der Waals surface area contributed by atoms with Gasteiger partial charge in [0.15, 0.2) is 18.7 Å². The molecule has 4 heterocycles. The number of aliphatic hydroxyl groups excluding tert-OH is 1. The average molecular weight is 937 g/mol. The average Bonchev–Trinajstić information content (AvgIpc) is 3.50. The van der Waals surface area contributed by atoms with Crippen LogP contribution in [0.4, 0.5) is 4.79 Å². The number of hydrogen-bond donors (Lipinski definition) is 5. The molecule has 0 saturated carbocycles. The minimum Gasteiger partial charge on any atom is -0.496 e. The van der Waals surface area contributed by atoms with Gasteiger partial charge >= 0.3 is 12.1 Å². The zero-order valence-electron chi connectivity index (χ0n) is 42.3. The summed E-state index contributed by atoms with van der Waals surface area (Å²) in [6.07, 6.45) is -7.34. The third-order valence-electron chi connectivity index (χ3n) is 15.2. The van der Waals surface area contributed by atoms with Crippen LogP contribution in [-0.2, 0) is 42.7 Å². The number of carbonyl (C=O) groups is 2. The van der Waals surface area contributed by atoms with Gasteiger partial charge in [0.2, 0.25) is 0 Å². The standard InChI is InChI=1S/C49H84N4O13/c1-16-36-49(11)41(50)28(4)39(66-49)26(2)24-47(9,57)42(64-45-38(54)34(53(12)13)23-27(3)60-45)29(5)40(30(6)44(55)62-36)63-37-25-48(10,59-15)43(32(8)61-37)65-46(56)52-22-21-51-31(7)33-19-17-18-20-35(33)58-14/h17-20,26-32,34,36-43,45,51,54,57H,16,21-25,50H2,1-15H3,(H,52,56)/t26-,27-,28-,29+,30-,31?,32+,34+,36+,37+,38-,39-,40+,41+,42-,43?,45+,47+,48-,49+/m1/s1. The number of carbonyl (C=O) groups excluding carboxylic acids is 2. The molecule has 2 unspecified atom stereocenters. The summed E-state index contributed by atoms with van der Waals surface area (Å²) in [4.78, 5) is 29.8. The maximum Gasteiger partial charge on any atom is 0.407 e. The van der Waals surface area contributed by atoms with Crippen molar-refractivity contribution in [2.24, 2.45) is 29.4 Å². The van der Waals surface area contributed by atoms with E-state index in [0.717, 1.165) is 11.3 Å². The van der Waals surface area contributed by atoms with Crippen molar-refractivity contribution in [1.82, 2.24) is 15.5 Å². The smallest absolute Gasteiger partial charge is 0.407 e. The van der Waals surface area contributed by atoms with Crippen LogP contribution in [0.5, 0.6) is 5.75 Å². The number of hydrogen-bond acceptors (Lipinski definition) is 16. The van der Waals surface area contributed by atoms with E-state index in [9.17, 15) is 19.8 Å². The third kappa shape index (κ3) is 11.8. The molecule has 0 aromatic heterocycles. The summed E-state index contributed by atoms with van der Waals surface area (Å²) in [6, 6.07) is 7.00. The number of esters is 1. The molecule has 4 saturated heterocycles. The van der Waals surface area contributed by atoms with E-state index < -0.39 is 95.9 Å². The lowest BCUT2D eigenvalue weighted by molar-refractivity contribution is -0.317. The van der Waals surface area contributed by atoms with Gasteiger partial charge in [0.1, 0.15) is 29.2 Å². The fraction of sp³-hybridized carbons (Fsp3) is 0.837. The summed E-state index contributed by atoms with van der Waals surface area (Å²) in [7, 11) is 6.97. The first-order valence-electron chi connectivity index (χ1n) is 24.1. The lowest BCUT2D eigenvalue weighted by Crippen LogP contribution is -2.61. The molecule has 0 spiro atoms. The van der Waals surface area contributed by atoms with E-state index in [1.807, 2.05) is 98.7 Å². The first-order valence-corrected chi connectivity index (χ1v) is 24.1. The van der Waals surface area contributed by atoms with Gasteiger partial charge in [0, 0.05) is 62.1 Å². The van der Waals surface area contributed by atoms with Crippen molar-refractivity contribution in [3.8, 4) is 5.75 Å². The Morgan fingerprint density at radius 3 is 2.30 bits per heavy atom. The summed E-state index contributed by atoms with van der Waals surface area (Å²) >= 11 is 0. The molecule has 1 aromatic rings. The van der Waals surface area contributed by atoms with Gasteiger partial charge in [-0.05, 0) is 93.8 Å². The van der Waals surface area contributed by atoms with Crippen molar-refractivity contribution in [3.05, 3.63) is 29.8 Å². The Kier molecular flexibility index (Phi) is 18.4. The number of rotatable bonds is 14. The van der Waals surface area contributed by atoms with Gasteiger partial charge in [0.05, 0.1) is 49.1 Å². The van der Waals surface area contributed by atoms with Crippen LogP contribution in [0.1, 0.15) is 113 Å². The van der Waals surface area contributed by atoms with E-state index in [4.69, 9.17) is 48.4 Å². The van der Waals surface area contributed by atoms with Crippen LogP contribution in [0.2, 0.25) is 0 Å². The van der Waals surface area contributed by atoms with Gasteiger partial charge in [-0.3, -0.25) is 4.79 Å². The van der Waals surface area contributed by atoms with Gasteiger partial charge in [0.25, 0.3) is 0 Å². The minimum atomic E-state index is -1.58. The molecule has 17 nitrogen and oxygen atoms in total. The lowest BCUT2D eigenvalue weighted by Gasteiger charge is -2.49. The van der Waals surface area contributed by atoms with Crippen LogP contribution < -0.4 is 21.1 Å². The van der Waals surface area contributed by atoms with Crippen molar-refractivity contribution in [1.29, 1.82) is 0 Å². The number of alkyl carbamates (subject to hydrolysis) is 1. The van der Waals surface area contributed by atoms with E-state index in [-0.39, 0.29) is 49.0 Å². The normalized spacial score (nSPS) is 42.9. The zero-order valence-corrected chi connectivity index (χ0v) is 42.3. The number of benzene rings is 1. The maximum absolute atomic E-state index is 14.6. The number of nitrogens with zero attached hydrogens (tertiary/aromatic N) is 1. The van der Waals surface area contributed by atoms with E-state index in [2.05, 4.69) is 10.6 Å². The molecule has 20 atom stereocenters. The molecule has 5 rings (SSSR count). The Balaban J connectivity index is 1.40. The predicted molar refractivity (Wildman–Crippen MR) is 248 cm³/mol. The van der Waals surface area contributed by atoms with E-state index >= 15 is 0 Å². The van der Waals surface area contributed by atoms with Crippen molar-refractivity contribution in [3.63, 3.8) is 0 Å². The topological polar surface area (TPSA) is 211 Å². The Labute approximate surface area is 393 Å². The molecule has 6 N–H and O–H groups in total. The van der Waals surface area contributed by atoms with Crippen LogP contribution in [0.3, 0.4) is 0 Å². The van der Waals surface area contributed by atoms with Gasteiger partial charge in [-0.2, -0.15) is 0 Å². The third-order valence-corrected chi connectivity index (χ3v) is 15.2. The molecule has 1 amide bonds. The van der Waals surface area contributed by atoms with Crippen molar-refractivity contribution < 1.29 is 62.4 Å². The molecule has 66 heavy (non-hydrogen) atoms. The zero-order chi connectivity index (χ0) is 49.1. The number of nitrogens with one attached hydrogen (secondary N) is 2. The number of fused-ring (bicyclic) bond motifs is 2. The molecule has 378 valence electrons. The molecule has 0 aliphatic carbocycles. The number of nitrogens with two attached hydrogens (primary N) is 1. The number of cyclic esters (lactones) is 1. The SMILES string of the molecule is CC[C@@H]1OC(=O)[C@H](C)[C@@H](O[C@H]2C[C@@](C)(OC)C(OC(=O)NCCNC(C)c3ccccc3OC)[C@H](C)O2)[C@H](C)[C@@H](O[C@@H]2O[C@H](C)C[C@H](N(C)C)[C@H]2O)[C@@](C)(O)C[C@@H](C)[C@H]2O[C@]1(C)[C@@H](N)[C@@H]2C. The summed E-state index contributed by atoms with van der Waals surface area (Å²) in [5, 5.41) is 30.8. The van der Waals surface area contributed by atoms with Crippen LogP contribution >= 0.6 is 0 Å². The molecule has 1 aromatic carbocycles. The predicted octanol–water partition coefficient (Wildman–Crippen LogP) is 4.68. The monoisotopic (exact) mass is 937 g/mol. The molecule has 4 aliphatic rings. The van der Waals surface area contributed by atoms with Crippen molar-refractivity contribution in [2.45, 2.75) is 198 Å². The number of para-hydroxylation sites is 1. The lowest BCUT2D eigenvalue weighted by atomic mass is 9.75. The first kappa shape index (κ1) is 54.3. The summed E-state index contributed by atoms with van der Waals surface area (Å²) in [5.74, 6) is -1.80. The molecule has 17 heteroatoms. The highest BCUT2D eigenvalue weighted by Crippen LogP contribution is 2.46. The van der Waals surface area contributed by atoms with Gasteiger partial charge in [-0.25, -0.2) is 4.79 Å². The fourth-order valence-electron chi connectivity index (χ4n) is 11.2. The van der Waals surface area contributed by atoms with E-state index in [1.54, 1.807) is 35.0 Å². The van der Waals surface area contributed by atoms with Crippen molar-refractivity contribution in [2.75, 3.05) is 41.4 Å². The molecule has 0 radical (unpaired) electrons. The Hall–Kier alpha value is -2.68. The highest BCUT2D eigenvalue weighted by Gasteiger charge is 2.58.